The van der Waals surface area contributed by atoms with Crippen molar-refractivity contribution < 1.29 is 8.42 Å². The molecule has 112 valence electrons. The van der Waals surface area contributed by atoms with Crippen LogP contribution in [0.3, 0.4) is 0 Å². The van der Waals surface area contributed by atoms with Crippen LogP contribution in [0.2, 0.25) is 0 Å². The van der Waals surface area contributed by atoms with Crippen LogP contribution in [0, 0.1) is 29.1 Å². The van der Waals surface area contributed by atoms with Gasteiger partial charge in [0.2, 0.25) is 10.0 Å². The smallest absolute Gasteiger partial charge is 0.208 e. The fourth-order valence-corrected chi connectivity index (χ4v) is 5.55. The molecule has 4 atom stereocenters. The Balaban J connectivity index is 1.79. The highest BCUT2D eigenvalue weighted by Crippen LogP contribution is 2.49. The summed E-state index contributed by atoms with van der Waals surface area (Å²) in [6.45, 7) is 1.96. The summed E-state index contributed by atoms with van der Waals surface area (Å²) in [5.74, 6) is 1.89. The SMILES string of the molecule is C[C@H](NS(=O)(=O)c1ccccc1C#N)[C@H]1C[C@H]2CC[C@H]1C2. The van der Waals surface area contributed by atoms with Gasteiger partial charge in [-0.25, -0.2) is 13.1 Å². The maximum atomic E-state index is 12.5. The molecule has 0 aliphatic heterocycles. The molecule has 2 bridgehead atoms. The fourth-order valence-electron chi connectivity index (χ4n) is 4.10. The molecule has 0 heterocycles. The van der Waals surface area contributed by atoms with Crippen molar-refractivity contribution in [2.24, 2.45) is 17.8 Å². The number of fused-ring (bicyclic) bond motifs is 2. The van der Waals surface area contributed by atoms with Gasteiger partial charge in [0.15, 0.2) is 0 Å². The Hall–Kier alpha value is -1.38. The quantitative estimate of drug-likeness (QED) is 0.929. The number of hydrogen-bond donors (Lipinski definition) is 1. The molecule has 1 N–H and O–H groups in total. The summed E-state index contributed by atoms with van der Waals surface area (Å²) in [4.78, 5) is 0.0857. The number of nitrogens with one attached hydrogen (secondary N) is 1. The normalized spacial score (nSPS) is 29.2. The lowest BCUT2D eigenvalue weighted by molar-refractivity contribution is 0.280. The highest BCUT2D eigenvalue weighted by Gasteiger charge is 2.42. The molecule has 1 aromatic carbocycles. The molecule has 2 saturated carbocycles. The zero-order valence-electron chi connectivity index (χ0n) is 12.1. The standard InChI is InChI=1S/C16H20N2O2S/c1-11(15-9-12-6-7-13(15)8-12)18-21(19,20)16-5-3-2-4-14(16)10-17/h2-5,11-13,15,18H,6-9H2,1H3/t11-,12-,13-,15+/m0/s1. The topological polar surface area (TPSA) is 70.0 Å². The Kier molecular flexibility index (Phi) is 3.76. The van der Waals surface area contributed by atoms with Gasteiger partial charge in [-0.3, -0.25) is 0 Å². The van der Waals surface area contributed by atoms with Crippen molar-refractivity contribution in [2.75, 3.05) is 0 Å². The van der Waals surface area contributed by atoms with E-state index in [2.05, 4.69) is 4.72 Å². The second-order valence-corrected chi connectivity index (χ2v) is 8.04. The zero-order chi connectivity index (χ0) is 15.0. The summed E-state index contributed by atoms with van der Waals surface area (Å²) in [7, 11) is -3.63. The van der Waals surface area contributed by atoms with E-state index >= 15 is 0 Å². The third kappa shape index (κ3) is 2.70. The molecular formula is C16H20N2O2S. The maximum absolute atomic E-state index is 12.5. The lowest BCUT2D eigenvalue weighted by Gasteiger charge is -2.28. The molecular weight excluding hydrogens is 284 g/mol. The zero-order valence-corrected chi connectivity index (χ0v) is 12.9. The van der Waals surface area contributed by atoms with Gasteiger partial charge in [-0.2, -0.15) is 5.26 Å². The number of hydrogen-bond acceptors (Lipinski definition) is 3. The molecule has 2 aliphatic carbocycles. The molecule has 0 spiro atoms. The average molecular weight is 304 g/mol. The predicted molar refractivity (Wildman–Crippen MR) is 79.9 cm³/mol. The number of sulfonamides is 1. The average Bonchev–Trinajstić information content (AvgIpc) is 3.09. The Bertz CT molecular complexity index is 678. The van der Waals surface area contributed by atoms with Gasteiger partial charge < -0.3 is 0 Å². The Morgan fingerprint density at radius 3 is 2.67 bits per heavy atom. The first-order valence-corrected chi connectivity index (χ1v) is 9.01. The van der Waals surface area contributed by atoms with Crippen molar-refractivity contribution in [3.63, 3.8) is 0 Å². The Labute approximate surface area is 126 Å². The van der Waals surface area contributed by atoms with E-state index in [1.54, 1.807) is 12.1 Å². The molecule has 0 amide bonds. The van der Waals surface area contributed by atoms with Crippen molar-refractivity contribution in [3.05, 3.63) is 29.8 Å². The van der Waals surface area contributed by atoms with E-state index in [9.17, 15) is 8.42 Å². The number of nitriles is 1. The van der Waals surface area contributed by atoms with Gasteiger partial charge in [0.05, 0.1) is 10.5 Å². The second-order valence-electron chi connectivity index (χ2n) is 6.36. The van der Waals surface area contributed by atoms with Crippen molar-refractivity contribution in [2.45, 2.75) is 43.5 Å². The minimum absolute atomic E-state index is 0.0722. The van der Waals surface area contributed by atoms with Crippen molar-refractivity contribution in [3.8, 4) is 6.07 Å². The number of nitrogens with zero attached hydrogens (tertiary/aromatic N) is 1. The minimum atomic E-state index is -3.63. The molecule has 3 rings (SSSR count). The van der Waals surface area contributed by atoms with Gasteiger partial charge in [0.25, 0.3) is 0 Å². The van der Waals surface area contributed by atoms with E-state index in [1.807, 2.05) is 13.0 Å². The molecule has 21 heavy (non-hydrogen) atoms. The van der Waals surface area contributed by atoms with E-state index < -0.39 is 10.0 Å². The lowest BCUT2D eigenvalue weighted by Crippen LogP contribution is -2.40. The molecule has 0 saturated heterocycles. The van der Waals surface area contributed by atoms with E-state index in [1.165, 1.54) is 31.4 Å². The number of rotatable bonds is 4. The maximum Gasteiger partial charge on any atom is 0.242 e. The van der Waals surface area contributed by atoms with Gasteiger partial charge in [0, 0.05) is 6.04 Å². The van der Waals surface area contributed by atoms with E-state index in [-0.39, 0.29) is 16.5 Å². The van der Waals surface area contributed by atoms with Crippen LogP contribution >= 0.6 is 0 Å². The van der Waals surface area contributed by atoms with Crippen LogP contribution < -0.4 is 4.72 Å². The summed E-state index contributed by atoms with van der Waals surface area (Å²) in [6.07, 6.45) is 4.92. The highest BCUT2D eigenvalue weighted by atomic mass is 32.2. The van der Waals surface area contributed by atoms with Crippen LogP contribution in [0.15, 0.2) is 29.2 Å². The molecule has 5 heteroatoms. The molecule has 0 aromatic heterocycles. The minimum Gasteiger partial charge on any atom is -0.208 e. The van der Waals surface area contributed by atoms with Crippen LogP contribution in [-0.4, -0.2) is 14.5 Å². The first-order valence-electron chi connectivity index (χ1n) is 7.52. The van der Waals surface area contributed by atoms with Gasteiger partial charge in [-0.15, -0.1) is 0 Å². The molecule has 4 nitrogen and oxygen atoms in total. The Morgan fingerprint density at radius 2 is 2.05 bits per heavy atom. The van der Waals surface area contributed by atoms with Crippen LogP contribution in [0.4, 0.5) is 0 Å². The van der Waals surface area contributed by atoms with Gasteiger partial charge in [-0.05, 0) is 56.1 Å². The predicted octanol–water partition coefficient (Wildman–Crippen LogP) is 2.66. The molecule has 2 fully saturated rings. The van der Waals surface area contributed by atoms with E-state index in [4.69, 9.17) is 5.26 Å². The van der Waals surface area contributed by atoms with Crippen LogP contribution in [0.5, 0.6) is 0 Å². The monoisotopic (exact) mass is 304 g/mol. The first kappa shape index (κ1) is 14.6. The Morgan fingerprint density at radius 1 is 1.29 bits per heavy atom. The second kappa shape index (κ2) is 5.43. The fraction of sp³-hybridized carbons (Fsp3) is 0.562. The summed E-state index contributed by atoms with van der Waals surface area (Å²) in [5, 5.41) is 9.07. The largest absolute Gasteiger partial charge is 0.242 e. The third-order valence-corrected chi connectivity index (χ3v) is 6.69. The molecule has 0 unspecified atom stereocenters. The van der Waals surface area contributed by atoms with Gasteiger partial charge in [-0.1, -0.05) is 18.6 Å². The van der Waals surface area contributed by atoms with E-state index in [0.29, 0.717) is 11.8 Å². The summed E-state index contributed by atoms with van der Waals surface area (Å²) in [5.41, 5.74) is 0.199. The van der Waals surface area contributed by atoms with Crippen LogP contribution in [0.25, 0.3) is 0 Å². The van der Waals surface area contributed by atoms with Gasteiger partial charge in [0.1, 0.15) is 6.07 Å². The highest BCUT2D eigenvalue weighted by molar-refractivity contribution is 7.89. The van der Waals surface area contributed by atoms with Crippen molar-refractivity contribution >= 4 is 10.0 Å². The molecule has 2 aliphatic rings. The summed E-state index contributed by atoms with van der Waals surface area (Å²) >= 11 is 0. The lowest BCUT2D eigenvalue weighted by atomic mass is 9.84. The number of benzene rings is 1. The van der Waals surface area contributed by atoms with Crippen LogP contribution in [-0.2, 0) is 10.0 Å². The van der Waals surface area contributed by atoms with Crippen molar-refractivity contribution in [1.29, 1.82) is 5.26 Å². The third-order valence-electron chi connectivity index (χ3n) is 5.07. The van der Waals surface area contributed by atoms with Crippen molar-refractivity contribution in [1.82, 2.24) is 4.72 Å². The molecule has 0 radical (unpaired) electrons. The van der Waals surface area contributed by atoms with Crippen LogP contribution in [0.1, 0.15) is 38.2 Å². The summed E-state index contributed by atoms with van der Waals surface area (Å²) < 4.78 is 27.8. The summed E-state index contributed by atoms with van der Waals surface area (Å²) in [6, 6.07) is 8.24. The van der Waals surface area contributed by atoms with E-state index in [0.717, 1.165) is 12.3 Å². The first-order chi connectivity index (χ1) is 10.0. The molecule has 1 aromatic rings. The van der Waals surface area contributed by atoms with Gasteiger partial charge >= 0.3 is 0 Å².